The summed E-state index contributed by atoms with van der Waals surface area (Å²) in [6, 6.07) is 53.2. The van der Waals surface area contributed by atoms with Crippen LogP contribution in [0.5, 0.6) is 0 Å². The van der Waals surface area contributed by atoms with Crippen LogP contribution in [0.15, 0.2) is 168 Å². The van der Waals surface area contributed by atoms with E-state index in [-0.39, 0.29) is 6.04 Å². The Labute approximate surface area is 298 Å². The molecule has 6 aromatic carbocycles. The first-order valence-corrected chi connectivity index (χ1v) is 17.6. The fraction of sp³-hybridized carbons (Fsp3) is 0.0213. The number of rotatable bonds is 4. The molecule has 5 heteroatoms. The molecule has 1 aliphatic rings. The number of hydrogen-bond acceptors (Lipinski definition) is 3. The van der Waals surface area contributed by atoms with Gasteiger partial charge in [0.05, 0.1) is 33.7 Å². The fourth-order valence-corrected chi connectivity index (χ4v) is 8.13. The molecule has 1 atom stereocenters. The van der Waals surface area contributed by atoms with Gasteiger partial charge in [-0.1, -0.05) is 127 Å². The SMILES string of the molecule is C1=CC(n2c3ccccc3c3cc4c(cc32)c2ccccc2n4-c2ccccc2)C=c2c(oc3nc(-c4ccccc4)nc(-c4ccccc4)c23)=C1. The van der Waals surface area contributed by atoms with E-state index in [0.29, 0.717) is 11.5 Å². The van der Waals surface area contributed by atoms with Crippen molar-refractivity contribution >= 4 is 66.9 Å². The van der Waals surface area contributed by atoms with Gasteiger partial charge in [-0.2, -0.15) is 4.98 Å². The van der Waals surface area contributed by atoms with Gasteiger partial charge in [0.15, 0.2) is 5.82 Å². The number of nitrogens with zero attached hydrogens (tertiary/aromatic N) is 4. The Morgan fingerprint density at radius 2 is 1.15 bits per heavy atom. The van der Waals surface area contributed by atoms with Gasteiger partial charge in [0, 0.05) is 49.1 Å². The van der Waals surface area contributed by atoms with Crippen molar-refractivity contribution in [1.29, 1.82) is 0 Å². The molecular formula is C47H30N4O. The number of benzene rings is 6. The highest BCUT2D eigenvalue weighted by Crippen LogP contribution is 2.40. The Kier molecular flexibility index (Phi) is 6.25. The van der Waals surface area contributed by atoms with Crippen LogP contribution in [0.3, 0.4) is 0 Å². The molecule has 4 aromatic heterocycles. The molecule has 0 N–H and O–H groups in total. The standard InChI is InChI=1S/C47H30N4O/c1-4-15-30(16-5-1)45-44-38-27-33(21-14-26-43(38)52-47(44)49-46(48-45)31-17-6-2-7-18-31)51-40-25-13-11-23-35(40)37-28-41-36(29-42(37)51)34-22-10-12-24-39(34)50(41)32-19-8-3-9-20-32/h1-29,33H. The second kappa shape index (κ2) is 11.3. The van der Waals surface area contributed by atoms with Crippen LogP contribution in [-0.4, -0.2) is 19.1 Å². The molecule has 1 aliphatic carbocycles. The van der Waals surface area contributed by atoms with Crippen molar-refractivity contribution in [2.75, 3.05) is 0 Å². The summed E-state index contributed by atoms with van der Waals surface area (Å²) in [5.74, 6) is 0.643. The Hall–Kier alpha value is -6.98. The maximum Gasteiger partial charge on any atom is 0.231 e. The molecule has 0 aliphatic heterocycles. The van der Waals surface area contributed by atoms with Gasteiger partial charge in [0.1, 0.15) is 5.42 Å². The highest BCUT2D eigenvalue weighted by atomic mass is 16.3. The molecule has 0 fully saturated rings. The minimum atomic E-state index is -0.113. The van der Waals surface area contributed by atoms with Crippen LogP contribution in [-0.2, 0) is 0 Å². The lowest BCUT2D eigenvalue weighted by molar-refractivity contribution is 0.564. The second-order valence-corrected chi connectivity index (χ2v) is 13.4. The highest BCUT2D eigenvalue weighted by Gasteiger charge is 2.22. The van der Waals surface area contributed by atoms with Crippen molar-refractivity contribution in [2.24, 2.45) is 0 Å². The molecule has 0 radical (unpaired) electrons. The minimum Gasteiger partial charge on any atom is -0.438 e. The first-order valence-electron chi connectivity index (χ1n) is 17.6. The molecular weight excluding hydrogens is 637 g/mol. The van der Waals surface area contributed by atoms with E-state index >= 15 is 0 Å². The summed E-state index contributed by atoms with van der Waals surface area (Å²) in [6.07, 6.45) is 8.75. The lowest BCUT2D eigenvalue weighted by Crippen LogP contribution is -2.21. The Morgan fingerprint density at radius 1 is 0.538 bits per heavy atom. The molecule has 0 saturated carbocycles. The molecule has 0 saturated heterocycles. The van der Waals surface area contributed by atoms with Crippen molar-refractivity contribution < 1.29 is 4.42 Å². The van der Waals surface area contributed by atoms with Crippen LogP contribution < -0.4 is 10.6 Å². The van der Waals surface area contributed by atoms with Crippen LogP contribution in [0.1, 0.15) is 6.04 Å². The summed E-state index contributed by atoms with van der Waals surface area (Å²) >= 11 is 0. The topological polar surface area (TPSA) is 48.8 Å². The average Bonchev–Trinajstić information content (AvgIpc) is 3.78. The third-order valence-electron chi connectivity index (χ3n) is 10.4. The number of fused-ring (bicyclic) bond motifs is 9. The van der Waals surface area contributed by atoms with Crippen molar-refractivity contribution in [3.05, 3.63) is 174 Å². The van der Waals surface area contributed by atoms with E-state index in [1.807, 2.05) is 36.4 Å². The smallest absolute Gasteiger partial charge is 0.231 e. The van der Waals surface area contributed by atoms with Crippen LogP contribution in [0.4, 0.5) is 0 Å². The van der Waals surface area contributed by atoms with Gasteiger partial charge in [0.25, 0.3) is 0 Å². The number of para-hydroxylation sites is 3. The Balaban J connectivity index is 1.20. The lowest BCUT2D eigenvalue weighted by atomic mass is 10.1. The van der Waals surface area contributed by atoms with Gasteiger partial charge in [-0.15, -0.1) is 0 Å². The van der Waals surface area contributed by atoms with E-state index in [1.54, 1.807) is 0 Å². The van der Waals surface area contributed by atoms with Crippen molar-refractivity contribution in [3.8, 4) is 28.3 Å². The Morgan fingerprint density at radius 3 is 1.92 bits per heavy atom. The van der Waals surface area contributed by atoms with Crippen LogP contribution in [0.25, 0.3) is 95.2 Å². The monoisotopic (exact) mass is 666 g/mol. The molecule has 10 aromatic rings. The number of hydrogen-bond donors (Lipinski definition) is 0. The van der Waals surface area contributed by atoms with Crippen LogP contribution in [0.2, 0.25) is 0 Å². The van der Waals surface area contributed by atoms with Gasteiger partial charge in [-0.05, 0) is 48.6 Å². The third-order valence-corrected chi connectivity index (χ3v) is 10.4. The zero-order valence-electron chi connectivity index (χ0n) is 28.0. The molecule has 4 heterocycles. The molecule has 1 unspecified atom stereocenters. The lowest BCUT2D eigenvalue weighted by Gasteiger charge is -2.14. The average molecular weight is 667 g/mol. The third kappa shape index (κ3) is 4.29. The maximum atomic E-state index is 6.58. The van der Waals surface area contributed by atoms with Gasteiger partial charge in [0.2, 0.25) is 5.71 Å². The van der Waals surface area contributed by atoms with E-state index in [2.05, 4.69) is 149 Å². The molecule has 0 bridgehead atoms. The van der Waals surface area contributed by atoms with Crippen molar-refractivity contribution in [2.45, 2.75) is 6.04 Å². The van der Waals surface area contributed by atoms with Gasteiger partial charge >= 0.3 is 0 Å². The quantitative estimate of drug-likeness (QED) is 0.188. The zero-order valence-corrected chi connectivity index (χ0v) is 28.0. The second-order valence-electron chi connectivity index (χ2n) is 13.4. The van der Waals surface area contributed by atoms with E-state index in [4.69, 9.17) is 14.4 Å². The summed E-state index contributed by atoms with van der Waals surface area (Å²) in [4.78, 5) is 10.2. The first-order chi connectivity index (χ1) is 25.8. The summed E-state index contributed by atoms with van der Waals surface area (Å²) in [5, 5.41) is 6.81. The van der Waals surface area contributed by atoms with Gasteiger partial charge < -0.3 is 13.6 Å². The molecule has 0 amide bonds. The minimum absolute atomic E-state index is 0.113. The van der Waals surface area contributed by atoms with E-state index in [1.165, 1.54) is 43.6 Å². The van der Waals surface area contributed by atoms with Crippen LogP contribution >= 0.6 is 0 Å². The van der Waals surface area contributed by atoms with Crippen molar-refractivity contribution in [1.82, 2.24) is 19.1 Å². The molecule has 0 spiro atoms. The molecule has 244 valence electrons. The fourth-order valence-electron chi connectivity index (χ4n) is 8.13. The van der Waals surface area contributed by atoms with Gasteiger partial charge in [-0.25, -0.2) is 4.98 Å². The highest BCUT2D eigenvalue weighted by molar-refractivity contribution is 6.18. The molecule has 11 rings (SSSR count). The first kappa shape index (κ1) is 28.8. The maximum absolute atomic E-state index is 6.58. The predicted octanol–water partition coefficient (Wildman–Crippen LogP) is 10.1. The Bertz CT molecular complexity index is 3170. The number of allylic oxidation sites excluding steroid dienone is 2. The summed E-state index contributed by atoms with van der Waals surface area (Å²) in [6.45, 7) is 0. The van der Waals surface area contributed by atoms with Crippen LogP contribution in [0, 0.1) is 0 Å². The van der Waals surface area contributed by atoms with Crippen molar-refractivity contribution in [3.63, 3.8) is 0 Å². The van der Waals surface area contributed by atoms with Gasteiger partial charge in [-0.3, -0.25) is 0 Å². The molecule has 52 heavy (non-hydrogen) atoms. The van der Waals surface area contributed by atoms with E-state index < -0.39 is 0 Å². The van der Waals surface area contributed by atoms with E-state index in [0.717, 1.165) is 38.5 Å². The molecule has 5 nitrogen and oxygen atoms in total. The summed E-state index contributed by atoms with van der Waals surface area (Å²) < 4.78 is 11.4. The summed E-state index contributed by atoms with van der Waals surface area (Å²) in [5.41, 5.74) is 10.1. The van der Waals surface area contributed by atoms with E-state index in [9.17, 15) is 0 Å². The number of aromatic nitrogens is 4. The zero-order chi connectivity index (χ0) is 34.2. The summed E-state index contributed by atoms with van der Waals surface area (Å²) in [7, 11) is 0. The predicted molar refractivity (Wildman–Crippen MR) is 213 cm³/mol. The number of furan rings is 1. The largest absolute Gasteiger partial charge is 0.438 e. The normalized spacial score (nSPS) is 14.2.